The van der Waals surface area contributed by atoms with Gasteiger partial charge in [-0.15, -0.1) is 0 Å². The first kappa shape index (κ1) is 37.3. The van der Waals surface area contributed by atoms with E-state index >= 15 is 0 Å². The van der Waals surface area contributed by atoms with Crippen LogP contribution in [0.4, 0.5) is 5.95 Å². The van der Waals surface area contributed by atoms with E-state index in [0.29, 0.717) is 76.0 Å². The molecular weight excluding hydrogens is 657 g/mol. The number of nitrogens with zero attached hydrogens (tertiary/aromatic N) is 4. The van der Waals surface area contributed by atoms with Crippen molar-refractivity contribution in [3.63, 3.8) is 0 Å². The van der Waals surface area contributed by atoms with Crippen LogP contribution in [0.25, 0.3) is 0 Å². The van der Waals surface area contributed by atoms with Crippen LogP contribution in [-0.4, -0.2) is 85.5 Å². The van der Waals surface area contributed by atoms with Crippen molar-refractivity contribution < 1.29 is 13.2 Å². The second kappa shape index (κ2) is 13.1. The van der Waals surface area contributed by atoms with E-state index in [-0.39, 0.29) is 11.0 Å². The molecule has 9 atom stereocenters. The predicted octanol–water partition coefficient (Wildman–Crippen LogP) is 6.11. The highest BCUT2D eigenvalue weighted by molar-refractivity contribution is 7.91. The number of carbonyl (C=O) groups excluding carboxylic acids is 1. The standard InChI is InChI=1S/C41H66N6O3S/c1-28(2)30-11-14-41(27-43-18-8-19-46-21-23-51(49,50)24-22-46)16-15-39(6)31(34(30)41)9-10-33-38(5)17-20-47(36-44-25-29(26-45-36)35(42)48)37(3,4)32(38)12-13-40(33,39)7/h25-26,30-34,43H,1,8-24,27H2,2-7H3,(H2,42,48)/t30-,31+,32-,33+,34+,38-,39+,40+,41+/m0/s1. The highest BCUT2D eigenvalue weighted by atomic mass is 32.2. The van der Waals surface area contributed by atoms with Gasteiger partial charge in [0, 0.05) is 44.1 Å². The molecule has 3 heterocycles. The van der Waals surface area contributed by atoms with E-state index in [9.17, 15) is 13.2 Å². The van der Waals surface area contributed by atoms with Crippen LogP contribution in [0.5, 0.6) is 0 Å². The number of piperidine rings is 1. The molecule has 1 aromatic heterocycles. The number of carbonyl (C=O) groups is 1. The Balaban J connectivity index is 1.08. The van der Waals surface area contributed by atoms with Gasteiger partial charge in [0.2, 0.25) is 5.95 Å². The molecule has 0 bridgehead atoms. The van der Waals surface area contributed by atoms with Crippen LogP contribution in [0.2, 0.25) is 0 Å². The number of fused-ring (bicyclic) bond motifs is 7. The second-order valence-electron chi connectivity index (χ2n) is 19.3. The Morgan fingerprint density at radius 1 is 0.922 bits per heavy atom. The lowest BCUT2D eigenvalue weighted by Crippen LogP contribution is -2.70. The van der Waals surface area contributed by atoms with Gasteiger partial charge in [-0.05, 0) is 149 Å². The van der Waals surface area contributed by atoms with Gasteiger partial charge in [-0.3, -0.25) is 4.79 Å². The first-order chi connectivity index (χ1) is 24.0. The average Bonchev–Trinajstić information content (AvgIpc) is 3.45. The fraction of sp³-hybridized carbons (Fsp3) is 0.829. The largest absolute Gasteiger partial charge is 0.366 e. The Morgan fingerprint density at radius 3 is 2.29 bits per heavy atom. The molecule has 0 radical (unpaired) electrons. The zero-order valence-electron chi connectivity index (χ0n) is 32.5. The normalized spacial score (nSPS) is 41.5. The molecule has 6 aliphatic rings. The number of primary amides is 1. The van der Waals surface area contributed by atoms with Crippen molar-refractivity contribution in [1.29, 1.82) is 0 Å². The maximum atomic E-state index is 11.9. The monoisotopic (exact) mass is 722 g/mol. The molecule has 7 rings (SSSR count). The molecule has 284 valence electrons. The van der Waals surface area contributed by atoms with Crippen molar-refractivity contribution in [2.45, 2.75) is 111 Å². The summed E-state index contributed by atoms with van der Waals surface area (Å²) in [5.41, 5.74) is 8.33. The third-order valence-corrected chi connectivity index (χ3v) is 18.4. The molecule has 2 saturated heterocycles. The molecule has 0 aromatic carbocycles. The number of nitrogens with one attached hydrogen (secondary N) is 1. The zero-order valence-corrected chi connectivity index (χ0v) is 33.3. The lowest BCUT2D eigenvalue weighted by molar-refractivity contribution is -0.227. The fourth-order valence-electron chi connectivity index (χ4n) is 14.0. The summed E-state index contributed by atoms with van der Waals surface area (Å²) in [6, 6.07) is 0. The summed E-state index contributed by atoms with van der Waals surface area (Å²) in [5, 5.41) is 3.97. The van der Waals surface area contributed by atoms with Gasteiger partial charge in [-0.25, -0.2) is 18.4 Å². The molecule has 4 saturated carbocycles. The summed E-state index contributed by atoms with van der Waals surface area (Å²) in [5.74, 6) is 4.09. The van der Waals surface area contributed by atoms with Gasteiger partial charge in [-0.1, -0.05) is 32.9 Å². The Bertz CT molecular complexity index is 1600. The van der Waals surface area contributed by atoms with E-state index in [1.54, 1.807) is 12.4 Å². The van der Waals surface area contributed by atoms with Crippen LogP contribution in [-0.2, 0) is 9.84 Å². The van der Waals surface area contributed by atoms with E-state index in [1.165, 1.54) is 56.9 Å². The van der Waals surface area contributed by atoms with Crippen LogP contribution < -0.4 is 16.0 Å². The van der Waals surface area contributed by atoms with E-state index in [0.717, 1.165) is 44.9 Å². The number of amides is 1. The van der Waals surface area contributed by atoms with Crippen molar-refractivity contribution in [3.8, 4) is 0 Å². The van der Waals surface area contributed by atoms with Gasteiger partial charge in [0.05, 0.1) is 17.1 Å². The second-order valence-corrected chi connectivity index (χ2v) is 21.6. The summed E-state index contributed by atoms with van der Waals surface area (Å²) in [7, 11) is -2.83. The Morgan fingerprint density at radius 2 is 1.63 bits per heavy atom. The molecule has 0 spiro atoms. The van der Waals surface area contributed by atoms with Crippen LogP contribution in [0.15, 0.2) is 24.5 Å². The van der Waals surface area contributed by atoms with E-state index in [4.69, 9.17) is 5.73 Å². The minimum atomic E-state index is -2.83. The lowest BCUT2D eigenvalue weighted by Gasteiger charge is -2.73. The maximum absolute atomic E-state index is 11.9. The van der Waals surface area contributed by atoms with Crippen molar-refractivity contribution in [3.05, 3.63) is 30.1 Å². The van der Waals surface area contributed by atoms with Gasteiger partial charge in [0.25, 0.3) is 5.91 Å². The number of rotatable bonds is 9. The van der Waals surface area contributed by atoms with E-state index in [2.05, 4.69) is 73.2 Å². The van der Waals surface area contributed by atoms with Crippen molar-refractivity contribution in [1.82, 2.24) is 20.2 Å². The number of allylic oxidation sites excluding steroid dienone is 1. The number of anilines is 1. The van der Waals surface area contributed by atoms with E-state index in [1.807, 2.05) is 0 Å². The zero-order chi connectivity index (χ0) is 36.6. The molecule has 1 aromatic rings. The number of nitrogens with two attached hydrogens (primary N) is 1. The summed E-state index contributed by atoms with van der Waals surface area (Å²) >= 11 is 0. The lowest BCUT2D eigenvalue weighted by atomic mass is 9.33. The maximum Gasteiger partial charge on any atom is 0.251 e. The van der Waals surface area contributed by atoms with Crippen LogP contribution >= 0.6 is 0 Å². The number of hydrogen-bond acceptors (Lipinski definition) is 8. The smallest absolute Gasteiger partial charge is 0.251 e. The third-order valence-electron chi connectivity index (χ3n) is 16.8. The molecule has 9 nitrogen and oxygen atoms in total. The minimum Gasteiger partial charge on any atom is -0.366 e. The summed E-state index contributed by atoms with van der Waals surface area (Å²) in [4.78, 5) is 25.7. The van der Waals surface area contributed by atoms with Crippen molar-refractivity contribution >= 4 is 21.7 Å². The van der Waals surface area contributed by atoms with Crippen LogP contribution in [0, 0.1) is 51.2 Å². The predicted molar refractivity (Wildman–Crippen MR) is 205 cm³/mol. The highest BCUT2D eigenvalue weighted by Gasteiger charge is 2.70. The average molecular weight is 723 g/mol. The van der Waals surface area contributed by atoms with Gasteiger partial charge < -0.3 is 20.9 Å². The Labute approximate surface area is 308 Å². The number of sulfone groups is 1. The SMILES string of the molecule is C=C(C)[C@@H]1CC[C@]2(CNCCCN3CCS(=O)(=O)CC3)CC[C@]3(C)[C@H](CC[C@@H]4[C@@]5(C)CCN(c6ncc(C(N)=O)cn6)C(C)(C)[C@@H]5CC[C@]43C)[C@@H]12. The Kier molecular flexibility index (Phi) is 9.55. The molecule has 10 heteroatoms. The molecule has 1 amide bonds. The van der Waals surface area contributed by atoms with Crippen LogP contribution in [0.3, 0.4) is 0 Å². The molecular formula is C41H66N6O3S. The number of aromatic nitrogens is 2. The van der Waals surface area contributed by atoms with Gasteiger partial charge in [0.1, 0.15) is 0 Å². The highest BCUT2D eigenvalue weighted by Crippen LogP contribution is 2.76. The Hall–Kier alpha value is -2.04. The van der Waals surface area contributed by atoms with Crippen LogP contribution in [0.1, 0.15) is 116 Å². The minimum absolute atomic E-state index is 0.101. The topological polar surface area (TPSA) is 122 Å². The van der Waals surface area contributed by atoms with Gasteiger partial charge >= 0.3 is 0 Å². The molecule has 0 unspecified atom stereocenters. The number of hydrogen-bond donors (Lipinski definition) is 2. The van der Waals surface area contributed by atoms with Crippen molar-refractivity contribution in [2.75, 3.05) is 55.7 Å². The first-order valence-electron chi connectivity index (χ1n) is 20.2. The van der Waals surface area contributed by atoms with E-state index < -0.39 is 15.7 Å². The summed E-state index contributed by atoms with van der Waals surface area (Å²) in [6.45, 7) is 25.2. The molecule has 4 aliphatic carbocycles. The quantitative estimate of drug-likeness (QED) is 0.232. The molecule has 6 fully saturated rings. The van der Waals surface area contributed by atoms with Gasteiger partial charge in [-0.2, -0.15) is 0 Å². The fourth-order valence-corrected chi connectivity index (χ4v) is 15.3. The van der Waals surface area contributed by atoms with Crippen molar-refractivity contribution in [2.24, 2.45) is 57.0 Å². The molecule has 51 heavy (non-hydrogen) atoms. The third kappa shape index (κ3) is 6.00. The van der Waals surface area contributed by atoms with Gasteiger partial charge in [0.15, 0.2) is 9.84 Å². The summed E-state index contributed by atoms with van der Waals surface area (Å²) < 4.78 is 23.7. The molecule has 2 aliphatic heterocycles. The first-order valence-corrected chi connectivity index (χ1v) is 22.0. The molecule has 3 N–H and O–H groups in total. The summed E-state index contributed by atoms with van der Waals surface area (Å²) in [6.07, 6.45) is 15.7.